The van der Waals surface area contributed by atoms with Crippen LogP contribution >= 0.6 is 44.2 Å². The summed E-state index contributed by atoms with van der Waals surface area (Å²) in [5.41, 5.74) is 0. The van der Waals surface area contributed by atoms with Crippen LogP contribution < -0.4 is 29.4 Å². The molecule has 0 radical (unpaired) electrons. The van der Waals surface area contributed by atoms with Crippen LogP contribution in [-0.4, -0.2) is 73.9 Å². The van der Waals surface area contributed by atoms with Crippen molar-refractivity contribution < 1.29 is 77.8 Å². The third kappa shape index (κ3) is 83.8. The van der Waals surface area contributed by atoms with E-state index in [4.69, 9.17) is 0 Å². The summed E-state index contributed by atoms with van der Waals surface area (Å²) < 4.78 is 73.9. The molecular formula is C96H204MoO12P6-6. The summed E-state index contributed by atoms with van der Waals surface area (Å²) in [7, 11) is -19.0. The van der Waals surface area contributed by atoms with E-state index in [1.165, 1.54) is 0 Å². The third-order valence-electron chi connectivity index (χ3n) is 25.0. The van der Waals surface area contributed by atoms with Gasteiger partial charge in [0, 0.05) is 65.3 Å². The fourth-order valence-electron chi connectivity index (χ4n) is 16.2. The molecule has 0 aliphatic rings. The number of hydrogen-bond acceptors (Lipinski definition) is 12. The molecule has 12 atom stereocenters. The smallest absolute Gasteiger partial charge is 0.0153 e. The second kappa shape index (κ2) is 85.3. The first kappa shape index (κ1) is 130. The first-order chi connectivity index (χ1) is 53.9. The molecule has 115 heavy (non-hydrogen) atoms. The fraction of sp³-hybridized carbons (Fsp3) is 1.00. The Morgan fingerprint density at radius 1 is 0.148 bits per heavy atom. The van der Waals surface area contributed by atoms with Gasteiger partial charge in [-0.15, -0.1) is 0 Å². The minimum absolute atomic E-state index is 0. The molecule has 0 aliphatic heterocycles. The molecule has 0 bridgehead atoms. The Hall–Kier alpha value is 1.83. The molecule has 0 aromatic heterocycles. The number of hydrogen-bond donors (Lipinski definition) is 0. The van der Waals surface area contributed by atoms with E-state index in [1.807, 2.05) is 0 Å². The van der Waals surface area contributed by atoms with E-state index in [0.29, 0.717) is 145 Å². The predicted molar refractivity (Wildman–Crippen MR) is 504 cm³/mol. The molecular weight excluding hydrogens is 1630 g/mol. The van der Waals surface area contributed by atoms with Gasteiger partial charge in [0.15, 0.2) is 0 Å². The van der Waals surface area contributed by atoms with Gasteiger partial charge in [-0.3, -0.25) is 0 Å². The summed E-state index contributed by atoms with van der Waals surface area (Å²) in [5.74, 6) is 4.58. The van der Waals surface area contributed by atoms with Crippen LogP contribution in [0.5, 0.6) is 0 Å². The maximum absolute atomic E-state index is 12.3. The molecule has 0 aliphatic carbocycles. The van der Waals surface area contributed by atoms with Crippen LogP contribution in [-0.2, 0) is 48.5 Å². The van der Waals surface area contributed by atoms with Crippen LogP contribution in [0.15, 0.2) is 0 Å². The summed E-state index contributed by atoms with van der Waals surface area (Å²) in [6.45, 7) is 51.5. The molecule has 12 unspecified atom stereocenters. The first-order valence-electron chi connectivity index (χ1n) is 49.7. The normalized spacial score (nSPS) is 17.8. The van der Waals surface area contributed by atoms with Crippen LogP contribution in [0.25, 0.3) is 0 Å². The van der Waals surface area contributed by atoms with Crippen molar-refractivity contribution in [3.05, 3.63) is 0 Å². The van der Waals surface area contributed by atoms with Crippen LogP contribution in [0.4, 0.5) is 0 Å². The quantitative estimate of drug-likeness (QED) is 0.0408. The Balaban J connectivity index is -0.000000243. The van der Waals surface area contributed by atoms with Gasteiger partial charge in [-0.05, 0) is 145 Å². The molecule has 0 amide bonds. The van der Waals surface area contributed by atoms with Crippen LogP contribution in [0.1, 0.15) is 474 Å². The Bertz CT molecular complexity index is 1800. The predicted octanol–water partition coefficient (Wildman–Crippen LogP) is 30.3. The molecule has 0 rings (SSSR count). The molecule has 0 saturated heterocycles. The van der Waals surface area contributed by atoms with E-state index in [1.54, 1.807) is 0 Å². The van der Waals surface area contributed by atoms with Gasteiger partial charge >= 0.3 is 0 Å². The van der Waals surface area contributed by atoms with Gasteiger partial charge in [-0.1, -0.05) is 474 Å². The standard InChI is InChI=1S/6C16H35O2P.Mo/c6*1-5-9-11-15(7-3)13-19(17,18)14-16(8-4)12-10-6-2;/h6*15-16H,5-14H2,1-4H3,(H,17,18);/p-6. The van der Waals surface area contributed by atoms with E-state index in [-0.39, 0.29) is 21.1 Å². The molecule has 0 heterocycles. The van der Waals surface area contributed by atoms with Crippen molar-refractivity contribution in [2.45, 2.75) is 474 Å². The second-order valence-corrected chi connectivity index (χ2v) is 50.2. The Kier molecular flexibility index (Phi) is 96.4. The van der Waals surface area contributed by atoms with Gasteiger partial charge in [-0.2, -0.15) is 0 Å². The maximum Gasteiger partial charge on any atom is 0.0153 e. The summed E-state index contributed by atoms with van der Waals surface area (Å²) >= 11 is 0. The van der Waals surface area contributed by atoms with Crippen molar-refractivity contribution in [1.82, 2.24) is 0 Å². The second-order valence-electron chi connectivity index (χ2n) is 36.1. The Morgan fingerprint density at radius 2 is 0.209 bits per heavy atom. The van der Waals surface area contributed by atoms with Crippen molar-refractivity contribution >= 4 is 44.2 Å². The van der Waals surface area contributed by atoms with Crippen LogP contribution in [0.3, 0.4) is 0 Å². The van der Waals surface area contributed by atoms with Crippen molar-refractivity contribution in [2.24, 2.45) is 71.0 Å². The van der Waals surface area contributed by atoms with E-state index in [9.17, 15) is 56.8 Å². The molecule has 0 spiro atoms. The summed E-state index contributed by atoms with van der Waals surface area (Å²) in [4.78, 5) is 73.9. The topological polar surface area (TPSA) is 241 Å². The summed E-state index contributed by atoms with van der Waals surface area (Å²) in [5, 5.41) is 0. The molecule has 12 nitrogen and oxygen atoms in total. The molecule has 0 fully saturated rings. The van der Waals surface area contributed by atoms with Crippen LogP contribution in [0.2, 0.25) is 0 Å². The Labute approximate surface area is 736 Å². The number of unbranched alkanes of at least 4 members (excludes halogenated alkanes) is 12. The summed E-state index contributed by atoms with van der Waals surface area (Å²) in [6.07, 6.45) is 57.9. The molecule has 0 aromatic rings. The zero-order chi connectivity index (χ0) is 88.4. The monoisotopic (exact) mass is 1830 g/mol. The van der Waals surface area contributed by atoms with Crippen molar-refractivity contribution in [3.8, 4) is 0 Å². The average molecular weight is 1830 g/mol. The molecule has 19 heteroatoms. The fourth-order valence-corrected chi connectivity index (χ4v) is 31.8. The summed E-state index contributed by atoms with van der Waals surface area (Å²) in [6, 6.07) is 0. The Morgan fingerprint density at radius 3 is 0.252 bits per heavy atom. The minimum atomic E-state index is -3.17. The van der Waals surface area contributed by atoms with E-state index in [0.717, 1.165) is 308 Å². The van der Waals surface area contributed by atoms with Gasteiger partial charge in [0.1, 0.15) is 0 Å². The molecule has 0 N–H and O–H groups in total. The van der Waals surface area contributed by atoms with E-state index < -0.39 is 44.2 Å². The van der Waals surface area contributed by atoms with E-state index >= 15 is 0 Å². The molecule has 0 saturated carbocycles. The van der Waals surface area contributed by atoms with Gasteiger partial charge in [0.05, 0.1) is 0 Å². The average Bonchev–Trinajstić information content (AvgIpc) is 0.921. The van der Waals surface area contributed by atoms with Crippen LogP contribution in [0, 0.1) is 71.0 Å². The SMILES string of the molecule is CCCCC(CC)CP(=O)([O-])CC(CC)CCCC.CCCCC(CC)CP(=O)([O-])CC(CC)CCCC.CCCCC(CC)CP(=O)([O-])CC(CC)CCCC.CCCCC(CC)CP(=O)([O-])CC(CC)CCCC.CCCCC(CC)CP(=O)([O-])CC(CC)CCCC.CCCCC(CC)CP(=O)([O-])CC(CC)CCCC.[Mo]. The zero-order valence-corrected chi connectivity index (χ0v) is 88.7. The maximum atomic E-state index is 12.3. The van der Waals surface area contributed by atoms with Gasteiger partial charge < -0.3 is 56.8 Å². The van der Waals surface area contributed by atoms with Gasteiger partial charge in [0.2, 0.25) is 0 Å². The number of rotatable bonds is 72. The van der Waals surface area contributed by atoms with Crippen molar-refractivity contribution in [2.75, 3.05) is 73.9 Å². The zero-order valence-electron chi connectivity index (χ0n) is 81.3. The van der Waals surface area contributed by atoms with Gasteiger partial charge in [0.25, 0.3) is 0 Å². The largest absolute Gasteiger partial charge is 0.799 e. The van der Waals surface area contributed by atoms with Crippen molar-refractivity contribution in [1.29, 1.82) is 0 Å². The first-order valence-corrected chi connectivity index (χ1v) is 61.6. The van der Waals surface area contributed by atoms with E-state index in [2.05, 4.69) is 166 Å². The third-order valence-corrected chi connectivity index (χ3v) is 37.8. The minimum Gasteiger partial charge on any atom is -0.799 e. The molecule has 702 valence electrons. The van der Waals surface area contributed by atoms with Gasteiger partial charge in [-0.25, -0.2) is 0 Å². The van der Waals surface area contributed by atoms with Crippen molar-refractivity contribution in [3.63, 3.8) is 0 Å². The molecule has 0 aromatic carbocycles.